The monoisotopic (exact) mass is 299 g/mol. The van der Waals surface area contributed by atoms with Gasteiger partial charge in [0.25, 0.3) is 0 Å². The van der Waals surface area contributed by atoms with Gasteiger partial charge in [-0.15, -0.1) is 0 Å². The van der Waals surface area contributed by atoms with Crippen LogP contribution in [0.4, 0.5) is 4.39 Å². The van der Waals surface area contributed by atoms with Gasteiger partial charge in [0.15, 0.2) is 0 Å². The molecule has 6 heteroatoms. The third-order valence-electron chi connectivity index (χ3n) is 3.12. The lowest BCUT2D eigenvalue weighted by molar-refractivity contribution is 0.0696. The summed E-state index contributed by atoms with van der Waals surface area (Å²) in [5, 5.41) is 8.98. The van der Waals surface area contributed by atoms with Crippen LogP contribution in [0, 0.1) is 5.82 Å². The van der Waals surface area contributed by atoms with Crippen molar-refractivity contribution in [2.45, 2.75) is 13.0 Å². The molecular formula is C15H22FNO4. The van der Waals surface area contributed by atoms with Gasteiger partial charge in [-0.1, -0.05) is 0 Å². The zero-order valence-corrected chi connectivity index (χ0v) is 12.5. The van der Waals surface area contributed by atoms with E-state index in [2.05, 4.69) is 0 Å². The van der Waals surface area contributed by atoms with E-state index in [1.807, 2.05) is 4.90 Å². The minimum Gasteiger partial charge on any atom is -0.478 e. The molecule has 0 aliphatic carbocycles. The van der Waals surface area contributed by atoms with Crippen LogP contribution in [0.2, 0.25) is 0 Å². The fourth-order valence-electron chi connectivity index (χ4n) is 1.99. The summed E-state index contributed by atoms with van der Waals surface area (Å²) in [7, 11) is 3.24. The second kappa shape index (κ2) is 9.44. The average molecular weight is 299 g/mol. The third-order valence-corrected chi connectivity index (χ3v) is 3.12. The molecule has 0 aliphatic rings. The van der Waals surface area contributed by atoms with Crippen LogP contribution in [0.3, 0.4) is 0 Å². The van der Waals surface area contributed by atoms with Gasteiger partial charge in [0.05, 0.1) is 12.2 Å². The molecule has 1 aromatic carbocycles. The molecule has 0 bridgehead atoms. The zero-order chi connectivity index (χ0) is 15.7. The summed E-state index contributed by atoms with van der Waals surface area (Å²) in [5.41, 5.74) is 0.471. The molecule has 0 spiro atoms. The number of carboxylic acid groups (broad SMARTS) is 1. The SMILES string of the molecule is COCCCN(CCOC)Cc1cc(C(=O)O)ccc1F. The van der Waals surface area contributed by atoms with E-state index in [1.54, 1.807) is 14.2 Å². The van der Waals surface area contributed by atoms with E-state index in [-0.39, 0.29) is 5.56 Å². The van der Waals surface area contributed by atoms with Crippen LogP contribution in [-0.2, 0) is 16.0 Å². The van der Waals surface area contributed by atoms with Crippen LogP contribution in [0.25, 0.3) is 0 Å². The van der Waals surface area contributed by atoms with E-state index < -0.39 is 11.8 Å². The standard InChI is InChI=1S/C15H22FNO4/c1-20-8-3-6-17(7-9-21-2)11-13-10-12(15(18)19)4-5-14(13)16/h4-5,10H,3,6-9,11H2,1-2H3,(H,18,19). The van der Waals surface area contributed by atoms with Gasteiger partial charge < -0.3 is 14.6 Å². The number of methoxy groups -OCH3 is 2. The van der Waals surface area contributed by atoms with Gasteiger partial charge in [0.2, 0.25) is 0 Å². The Morgan fingerprint density at radius 1 is 1.24 bits per heavy atom. The van der Waals surface area contributed by atoms with Crippen molar-refractivity contribution < 1.29 is 23.8 Å². The molecule has 0 radical (unpaired) electrons. The summed E-state index contributed by atoms with van der Waals surface area (Å²) in [6.07, 6.45) is 0.820. The van der Waals surface area contributed by atoms with Gasteiger partial charge >= 0.3 is 5.97 Å². The molecule has 0 unspecified atom stereocenters. The number of aromatic carboxylic acids is 1. The van der Waals surface area contributed by atoms with Gasteiger partial charge in [-0.05, 0) is 24.6 Å². The molecule has 0 aliphatic heterocycles. The lowest BCUT2D eigenvalue weighted by Crippen LogP contribution is -2.29. The molecule has 0 saturated carbocycles. The third kappa shape index (κ3) is 6.20. The van der Waals surface area contributed by atoms with Crippen molar-refractivity contribution >= 4 is 5.97 Å². The van der Waals surface area contributed by atoms with Gasteiger partial charge in [-0.25, -0.2) is 9.18 Å². The van der Waals surface area contributed by atoms with Gasteiger partial charge in [0.1, 0.15) is 5.82 Å². The molecule has 0 fully saturated rings. The van der Waals surface area contributed by atoms with E-state index in [0.29, 0.717) is 31.9 Å². The predicted octanol–water partition coefficient (Wildman–Crippen LogP) is 2.01. The highest BCUT2D eigenvalue weighted by Crippen LogP contribution is 2.14. The molecule has 0 amide bonds. The Hall–Kier alpha value is -1.50. The van der Waals surface area contributed by atoms with Crippen molar-refractivity contribution in [2.24, 2.45) is 0 Å². The number of halogens is 1. The maximum Gasteiger partial charge on any atom is 0.335 e. The lowest BCUT2D eigenvalue weighted by atomic mass is 10.1. The fraction of sp³-hybridized carbons (Fsp3) is 0.533. The van der Waals surface area contributed by atoms with Crippen molar-refractivity contribution in [3.8, 4) is 0 Å². The maximum absolute atomic E-state index is 13.8. The minimum absolute atomic E-state index is 0.0926. The Balaban J connectivity index is 2.75. The number of carboxylic acids is 1. The van der Waals surface area contributed by atoms with E-state index in [9.17, 15) is 9.18 Å². The molecule has 0 atom stereocenters. The first-order valence-corrected chi connectivity index (χ1v) is 6.80. The van der Waals surface area contributed by atoms with E-state index in [0.717, 1.165) is 13.0 Å². The van der Waals surface area contributed by atoms with Crippen LogP contribution in [0.1, 0.15) is 22.3 Å². The molecule has 5 nitrogen and oxygen atoms in total. The van der Waals surface area contributed by atoms with Gasteiger partial charge in [-0.2, -0.15) is 0 Å². The minimum atomic E-state index is -1.06. The number of ether oxygens (including phenoxy) is 2. The Bertz CT molecular complexity index is 453. The fourth-order valence-corrected chi connectivity index (χ4v) is 1.99. The van der Waals surface area contributed by atoms with Crippen LogP contribution in [0.5, 0.6) is 0 Å². The van der Waals surface area contributed by atoms with Crippen LogP contribution < -0.4 is 0 Å². The van der Waals surface area contributed by atoms with Crippen LogP contribution >= 0.6 is 0 Å². The summed E-state index contributed by atoms with van der Waals surface area (Å²) in [4.78, 5) is 13.0. The first-order valence-electron chi connectivity index (χ1n) is 6.80. The summed E-state index contributed by atoms with van der Waals surface area (Å²) < 4.78 is 23.9. The summed E-state index contributed by atoms with van der Waals surface area (Å²) in [5.74, 6) is -1.45. The number of hydrogen-bond acceptors (Lipinski definition) is 4. The number of benzene rings is 1. The van der Waals surface area contributed by atoms with E-state index in [4.69, 9.17) is 14.6 Å². The zero-order valence-electron chi connectivity index (χ0n) is 12.5. The van der Waals surface area contributed by atoms with Crippen LogP contribution in [-0.4, -0.2) is 56.5 Å². The molecule has 0 heterocycles. The number of nitrogens with zero attached hydrogens (tertiary/aromatic N) is 1. The normalized spacial score (nSPS) is 11.0. The molecule has 1 aromatic rings. The first-order chi connectivity index (χ1) is 10.1. The van der Waals surface area contributed by atoms with Gasteiger partial charge in [-0.3, -0.25) is 4.90 Å². The summed E-state index contributed by atoms with van der Waals surface area (Å²) in [6, 6.07) is 3.85. The molecule has 0 aromatic heterocycles. The Kier molecular flexibility index (Phi) is 7.89. The van der Waals surface area contributed by atoms with Crippen molar-refractivity contribution in [3.05, 3.63) is 35.1 Å². The average Bonchev–Trinajstić information content (AvgIpc) is 2.46. The van der Waals surface area contributed by atoms with Crippen molar-refractivity contribution in [1.82, 2.24) is 4.90 Å². The quantitative estimate of drug-likeness (QED) is 0.670. The molecule has 1 rings (SSSR count). The maximum atomic E-state index is 13.8. The molecule has 21 heavy (non-hydrogen) atoms. The van der Waals surface area contributed by atoms with Crippen molar-refractivity contribution in [2.75, 3.05) is 40.5 Å². The smallest absolute Gasteiger partial charge is 0.335 e. The van der Waals surface area contributed by atoms with Crippen molar-refractivity contribution in [3.63, 3.8) is 0 Å². The second-order valence-electron chi connectivity index (χ2n) is 4.73. The number of hydrogen-bond donors (Lipinski definition) is 1. The molecule has 118 valence electrons. The highest BCUT2D eigenvalue weighted by molar-refractivity contribution is 5.87. The Labute approximate surface area is 124 Å². The summed E-state index contributed by atoms with van der Waals surface area (Å²) >= 11 is 0. The van der Waals surface area contributed by atoms with Crippen molar-refractivity contribution in [1.29, 1.82) is 0 Å². The second-order valence-corrected chi connectivity index (χ2v) is 4.73. The highest BCUT2D eigenvalue weighted by Gasteiger charge is 2.12. The highest BCUT2D eigenvalue weighted by atomic mass is 19.1. The van der Waals surface area contributed by atoms with E-state index >= 15 is 0 Å². The summed E-state index contributed by atoms with van der Waals surface area (Å²) in [6.45, 7) is 2.89. The largest absolute Gasteiger partial charge is 0.478 e. The van der Waals surface area contributed by atoms with Gasteiger partial charge in [0, 0.05) is 46.0 Å². The Morgan fingerprint density at radius 3 is 2.57 bits per heavy atom. The molecule has 1 N–H and O–H groups in total. The lowest BCUT2D eigenvalue weighted by Gasteiger charge is -2.22. The number of rotatable bonds is 10. The topological polar surface area (TPSA) is 59.0 Å². The predicted molar refractivity (Wildman–Crippen MR) is 77.0 cm³/mol. The van der Waals surface area contributed by atoms with Crippen LogP contribution in [0.15, 0.2) is 18.2 Å². The first kappa shape index (κ1) is 17.6. The molecule has 0 saturated heterocycles. The van der Waals surface area contributed by atoms with E-state index in [1.165, 1.54) is 18.2 Å². The Morgan fingerprint density at radius 2 is 1.95 bits per heavy atom. The number of carbonyl (C=O) groups is 1. The molecular weight excluding hydrogens is 277 g/mol.